The summed E-state index contributed by atoms with van der Waals surface area (Å²) in [7, 11) is -2.03. The predicted octanol–water partition coefficient (Wildman–Crippen LogP) is 2.45. The Labute approximate surface area is 113 Å². The molecule has 0 saturated heterocycles. The first kappa shape index (κ1) is 15.2. The Morgan fingerprint density at radius 1 is 1.42 bits per heavy atom. The van der Waals surface area contributed by atoms with Crippen LogP contribution in [-0.4, -0.2) is 27.0 Å². The molecule has 19 heavy (non-hydrogen) atoms. The molecule has 0 saturated carbocycles. The molecule has 0 unspecified atom stereocenters. The molecule has 0 aliphatic rings. The smallest absolute Gasteiger partial charge is 0.328 e. The number of nitrogens with zero attached hydrogens (tertiary/aromatic N) is 1. The van der Waals surface area contributed by atoms with Crippen LogP contribution in [0.5, 0.6) is 5.75 Å². The molecule has 0 fully saturated rings. The Kier molecular flexibility index (Phi) is 5.11. The quantitative estimate of drug-likeness (QED) is 0.594. The lowest BCUT2D eigenvalue weighted by atomic mass is 10.0. The van der Waals surface area contributed by atoms with Gasteiger partial charge in [0.05, 0.1) is 18.6 Å². The summed E-state index contributed by atoms with van der Waals surface area (Å²) >= 11 is 0. The molecule has 0 bridgehead atoms. The fourth-order valence-corrected chi connectivity index (χ4v) is 1.57. The van der Waals surface area contributed by atoms with E-state index in [0.29, 0.717) is 17.0 Å². The molecule has 5 nitrogen and oxygen atoms in total. The van der Waals surface area contributed by atoms with Crippen molar-refractivity contribution in [3.05, 3.63) is 36.4 Å². The van der Waals surface area contributed by atoms with Crippen LogP contribution in [0.1, 0.15) is 19.4 Å². The highest BCUT2D eigenvalue weighted by Crippen LogP contribution is 2.20. The average molecular weight is 283 g/mol. The topological polar surface area (TPSA) is 65.0 Å². The number of allylic oxidation sites excluding steroid dienone is 1. The van der Waals surface area contributed by atoms with Crippen LogP contribution in [0, 0.1) is 0 Å². The van der Waals surface area contributed by atoms with Gasteiger partial charge in [-0.15, -0.1) is 0 Å². The second kappa shape index (κ2) is 6.38. The van der Waals surface area contributed by atoms with Crippen LogP contribution in [0.3, 0.4) is 0 Å². The minimum absolute atomic E-state index is 0.130. The van der Waals surface area contributed by atoms with E-state index in [9.17, 15) is 8.42 Å². The van der Waals surface area contributed by atoms with E-state index in [-0.39, 0.29) is 5.75 Å². The summed E-state index contributed by atoms with van der Waals surface area (Å²) in [5.41, 5.74) is 1.76. The van der Waals surface area contributed by atoms with Crippen molar-refractivity contribution >= 4 is 21.4 Å². The summed E-state index contributed by atoms with van der Waals surface area (Å²) in [4.78, 5) is 0. The van der Waals surface area contributed by atoms with Gasteiger partial charge < -0.3 is 4.74 Å². The Morgan fingerprint density at radius 3 is 2.68 bits per heavy atom. The Hall–Kier alpha value is -1.82. The van der Waals surface area contributed by atoms with Crippen molar-refractivity contribution in [2.75, 3.05) is 12.9 Å². The van der Waals surface area contributed by atoms with Crippen LogP contribution in [0.2, 0.25) is 0 Å². The maximum absolute atomic E-state index is 11.2. The van der Waals surface area contributed by atoms with Gasteiger partial charge in [-0.3, -0.25) is 4.28 Å². The number of hydrogen-bond donors (Lipinski definition) is 0. The number of benzene rings is 1. The molecule has 104 valence electrons. The molecule has 0 radical (unpaired) electrons. The highest BCUT2D eigenvalue weighted by Gasteiger charge is 2.09. The van der Waals surface area contributed by atoms with Gasteiger partial charge in [0.1, 0.15) is 5.75 Å². The van der Waals surface area contributed by atoms with E-state index in [1.165, 1.54) is 6.92 Å². The van der Waals surface area contributed by atoms with Crippen LogP contribution in [0.15, 0.2) is 36.0 Å². The van der Waals surface area contributed by atoms with Gasteiger partial charge in [0.15, 0.2) is 0 Å². The second-order valence-corrected chi connectivity index (χ2v) is 5.65. The van der Waals surface area contributed by atoms with Crippen molar-refractivity contribution in [1.82, 2.24) is 0 Å². The normalized spacial score (nSPS) is 12.1. The first-order chi connectivity index (χ1) is 8.89. The number of rotatable bonds is 6. The Balaban J connectivity index is 2.90. The average Bonchev–Trinajstić information content (AvgIpc) is 2.44. The van der Waals surface area contributed by atoms with Gasteiger partial charge in [0.25, 0.3) is 0 Å². The minimum Gasteiger partial charge on any atom is -0.497 e. The standard InChI is InChI=1S/C13H17NO4S/c1-5-19(15,16)18-14-11(3)10(2)12-7-6-8-13(9-12)17-4/h6-9H,2,5H2,1,3-4H3. The van der Waals surface area contributed by atoms with Crippen LogP contribution in [0.25, 0.3) is 5.57 Å². The van der Waals surface area contributed by atoms with E-state index in [4.69, 9.17) is 4.74 Å². The molecule has 0 amide bonds. The molecule has 0 heterocycles. The Morgan fingerprint density at radius 2 is 2.11 bits per heavy atom. The summed E-state index contributed by atoms with van der Waals surface area (Å²) in [6.07, 6.45) is 0. The summed E-state index contributed by atoms with van der Waals surface area (Å²) < 4.78 is 32.0. The highest BCUT2D eigenvalue weighted by molar-refractivity contribution is 7.86. The van der Waals surface area contributed by atoms with Crippen molar-refractivity contribution < 1.29 is 17.4 Å². The number of ether oxygens (including phenoxy) is 1. The lowest BCUT2D eigenvalue weighted by Gasteiger charge is -2.07. The molecule has 0 aromatic heterocycles. The van der Waals surface area contributed by atoms with E-state index in [0.717, 1.165) is 5.56 Å². The zero-order valence-corrected chi connectivity index (χ0v) is 12.0. The molecular weight excluding hydrogens is 266 g/mol. The third kappa shape index (κ3) is 4.40. The maximum Gasteiger partial charge on any atom is 0.328 e. The first-order valence-electron chi connectivity index (χ1n) is 5.69. The molecule has 1 rings (SSSR count). The maximum atomic E-state index is 11.2. The molecule has 0 spiro atoms. The van der Waals surface area contributed by atoms with Gasteiger partial charge >= 0.3 is 10.1 Å². The third-order valence-corrected chi connectivity index (χ3v) is 3.51. The molecule has 0 N–H and O–H groups in total. The SMILES string of the molecule is C=C(C(C)=NOS(=O)(=O)CC)c1cccc(OC)c1. The molecule has 6 heteroatoms. The minimum atomic E-state index is -3.60. The van der Waals surface area contributed by atoms with Gasteiger partial charge in [0, 0.05) is 0 Å². The van der Waals surface area contributed by atoms with Crippen molar-refractivity contribution in [2.45, 2.75) is 13.8 Å². The van der Waals surface area contributed by atoms with E-state index in [1.54, 1.807) is 26.2 Å². The first-order valence-corrected chi connectivity index (χ1v) is 7.27. The number of oxime groups is 1. The summed E-state index contributed by atoms with van der Waals surface area (Å²) in [6, 6.07) is 7.24. The summed E-state index contributed by atoms with van der Waals surface area (Å²) in [5.74, 6) is 0.559. The largest absolute Gasteiger partial charge is 0.497 e. The van der Waals surface area contributed by atoms with Gasteiger partial charge in [-0.05, 0) is 37.1 Å². The lowest BCUT2D eigenvalue weighted by molar-refractivity contribution is 0.340. The molecule has 0 aliphatic heterocycles. The molecule has 1 aromatic rings. The van der Waals surface area contributed by atoms with Gasteiger partial charge in [-0.2, -0.15) is 8.42 Å². The molecule has 1 aromatic carbocycles. The number of hydrogen-bond acceptors (Lipinski definition) is 5. The monoisotopic (exact) mass is 283 g/mol. The molecule has 0 atom stereocenters. The fourth-order valence-electron chi connectivity index (χ4n) is 1.24. The van der Waals surface area contributed by atoms with Crippen molar-refractivity contribution in [3.63, 3.8) is 0 Å². The van der Waals surface area contributed by atoms with E-state index < -0.39 is 10.1 Å². The predicted molar refractivity (Wildman–Crippen MR) is 75.7 cm³/mol. The highest BCUT2D eigenvalue weighted by atomic mass is 32.2. The van der Waals surface area contributed by atoms with Crippen LogP contribution >= 0.6 is 0 Å². The summed E-state index contributed by atoms with van der Waals surface area (Å²) in [5, 5.41) is 3.59. The van der Waals surface area contributed by atoms with Crippen LogP contribution < -0.4 is 4.74 Å². The van der Waals surface area contributed by atoms with Crippen molar-refractivity contribution in [2.24, 2.45) is 5.16 Å². The van der Waals surface area contributed by atoms with Crippen molar-refractivity contribution in [3.8, 4) is 5.75 Å². The lowest BCUT2D eigenvalue weighted by Crippen LogP contribution is -2.06. The van der Waals surface area contributed by atoms with E-state index in [2.05, 4.69) is 16.0 Å². The van der Waals surface area contributed by atoms with Crippen LogP contribution in [0.4, 0.5) is 0 Å². The van der Waals surface area contributed by atoms with E-state index >= 15 is 0 Å². The molecular formula is C13H17NO4S. The zero-order chi connectivity index (χ0) is 14.5. The summed E-state index contributed by atoms with van der Waals surface area (Å²) in [6.45, 7) is 6.98. The van der Waals surface area contributed by atoms with Crippen LogP contribution in [-0.2, 0) is 14.4 Å². The van der Waals surface area contributed by atoms with Gasteiger partial charge in [-0.25, -0.2) is 0 Å². The molecule has 0 aliphatic carbocycles. The number of methoxy groups -OCH3 is 1. The van der Waals surface area contributed by atoms with E-state index in [1.807, 2.05) is 12.1 Å². The fraction of sp³-hybridized carbons (Fsp3) is 0.308. The Bertz CT molecular complexity index is 590. The zero-order valence-electron chi connectivity index (χ0n) is 11.2. The second-order valence-electron chi connectivity index (χ2n) is 3.81. The van der Waals surface area contributed by atoms with Crippen molar-refractivity contribution in [1.29, 1.82) is 0 Å². The third-order valence-electron chi connectivity index (χ3n) is 2.50. The van der Waals surface area contributed by atoms with Gasteiger partial charge in [0.2, 0.25) is 0 Å². The van der Waals surface area contributed by atoms with Gasteiger partial charge in [-0.1, -0.05) is 23.9 Å².